The molecule has 0 aromatic heterocycles. The smallest absolute Gasteiger partial charge is 0.322 e. The van der Waals surface area contributed by atoms with Crippen LogP contribution < -0.4 is 11.1 Å². The van der Waals surface area contributed by atoms with E-state index in [0.717, 1.165) is 5.56 Å². The molecule has 2 atom stereocenters. The first kappa shape index (κ1) is 15.1. The SMILES string of the molecule is Cc1ccc(NC(=O)N2CCOC(C(C)N)C2)cc1Cl. The Kier molecular flexibility index (Phi) is 4.86. The summed E-state index contributed by atoms with van der Waals surface area (Å²) in [4.78, 5) is 13.9. The highest BCUT2D eigenvalue weighted by Gasteiger charge is 2.26. The van der Waals surface area contributed by atoms with Gasteiger partial charge in [-0.15, -0.1) is 0 Å². The zero-order valence-corrected chi connectivity index (χ0v) is 12.5. The number of amides is 2. The lowest BCUT2D eigenvalue weighted by atomic mass is 10.1. The summed E-state index contributed by atoms with van der Waals surface area (Å²) in [5.41, 5.74) is 7.49. The van der Waals surface area contributed by atoms with Crippen molar-refractivity contribution in [2.75, 3.05) is 25.0 Å². The number of aryl methyl sites for hydroxylation is 1. The van der Waals surface area contributed by atoms with Crippen LogP contribution in [0.2, 0.25) is 5.02 Å². The number of nitrogens with zero attached hydrogens (tertiary/aromatic N) is 1. The number of nitrogens with two attached hydrogens (primary N) is 1. The number of urea groups is 1. The standard InChI is InChI=1S/C14H20ClN3O2/c1-9-3-4-11(7-12(9)15)17-14(19)18-5-6-20-13(8-18)10(2)16/h3-4,7,10,13H,5-6,8,16H2,1-2H3,(H,17,19). The van der Waals surface area contributed by atoms with Gasteiger partial charge in [-0.1, -0.05) is 17.7 Å². The molecule has 1 aromatic rings. The summed E-state index contributed by atoms with van der Waals surface area (Å²) in [6.07, 6.45) is -0.115. The number of carbonyl (C=O) groups excluding carboxylic acids is 1. The maximum Gasteiger partial charge on any atom is 0.322 e. The number of morpholine rings is 1. The summed E-state index contributed by atoms with van der Waals surface area (Å²) < 4.78 is 5.54. The molecular formula is C14H20ClN3O2. The van der Waals surface area contributed by atoms with Crippen molar-refractivity contribution < 1.29 is 9.53 Å². The number of anilines is 1. The molecule has 0 radical (unpaired) electrons. The van der Waals surface area contributed by atoms with E-state index in [1.165, 1.54) is 0 Å². The third-order valence-electron chi connectivity index (χ3n) is 3.39. The number of hydrogen-bond acceptors (Lipinski definition) is 3. The van der Waals surface area contributed by atoms with Gasteiger partial charge in [0.2, 0.25) is 0 Å². The van der Waals surface area contributed by atoms with Gasteiger partial charge in [0.25, 0.3) is 0 Å². The fourth-order valence-electron chi connectivity index (χ4n) is 2.05. The van der Waals surface area contributed by atoms with E-state index in [1.807, 2.05) is 26.0 Å². The van der Waals surface area contributed by atoms with Crippen molar-refractivity contribution in [2.24, 2.45) is 5.73 Å². The van der Waals surface area contributed by atoms with Gasteiger partial charge in [-0.25, -0.2) is 4.79 Å². The van der Waals surface area contributed by atoms with Crippen LogP contribution in [0.4, 0.5) is 10.5 Å². The van der Waals surface area contributed by atoms with Crippen molar-refractivity contribution in [1.29, 1.82) is 0 Å². The summed E-state index contributed by atoms with van der Waals surface area (Å²) in [7, 11) is 0. The van der Waals surface area contributed by atoms with Crippen molar-refractivity contribution in [3.05, 3.63) is 28.8 Å². The monoisotopic (exact) mass is 297 g/mol. The Morgan fingerprint density at radius 1 is 1.60 bits per heavy atom. The average molecular weight is 298 g/mol. The molecule has 2 rings (SSSR count). The molecular weight excluding hydrogens is 278 g/mol. The Balaban J connectivity index is 1.98. The third kappa shape index (κ3) is 3.62. The second-order valence-corrected chi connectivity index (χ2v) is 5.52. The molecule has 5 nitrogen and oxygen atoms in total. The number of nitrogens with one attached hydrogen (secondary N) is 1. The van der Waals surface area contributed by atoms with Gasteiger partial charge >= 0.3 is 6.03 Å². The van der Waals surface area contributed by atoms with Crippen molar-refractivity contribution in [1.82, 2.24) is 4.90 Å². The molecule has 2 amide bonds. The van der Waals surface area contributed by atoms with E-state index in [-0.39, 0.29) is 18.2 Å². The van der Waals surface area contributed by atoms with Gasteiger partial charge in [0, 0.05) is 23.3 Å². The molecule has 0 saturated carbocycles. The van der Waals surface area contributed by atoms with Crippen LogP contribution in [-0.2, 0) is 4.74 Å². The summed E-state index contributed by atoms with van der Waals surface area (Å²) in [6.45, 7) is 5.38. The maximum atomic E-state index is 12.2. The van der Waals surface area contributed by atoms with Crippen LogP contribution in [0.25, 0.3) is 0 Å². The Morgan fingerprint density at radius 3 is 3.00 bits per heavy atom. The quantitative estimate of drug-likeness (QED) is 0.879. The maximum absolute atomic E-state index is 12.2. The lowest BCUT2D eigenvalue weighted by molar-refractivity contribution is -0.0220. The Hall–Kier alpha value is -1.30. The molecule has 0 spiro atoms. The molecule has 2 unspecified atom stereocenters. The van der Waals surface area contributed by atoms with Crippen LogP contribution in [0.15, 0.2) is 18.2 Å². The minimum absolute atomic E-state index is 0.0978. The number of rotatable bonds is 2. The van der Waals surface area contributed by atoms with Crippen molar-refractivity contribution in [3.8, 4) is 0 Å². The Bertz CT molecular complexity index is 493. The highest BCUT2D eigenvalue weighted by Crippen LogP contribution is 2.20. The molecule has 20 heavy (non-hydrogen) atoms. The number of halogens is 1. The number of hydrogen-bond donors (Lipinski definition) is 2. The predicted molar refractivity (Wildman–Crippen MR) is 80.2 cm³/mol. The second kappa shape index (κ2) is 6.43. The molecule has 1 saturated heterocycles. The topological polar surface area (TPSA) is 67.6 Å². The van der Waals surface area contributed by atoms with E-state index in [1.54, 1.807) is 11.0 Å². The zero-order valence-electron chi connectivity index (χ0n) is 11.7. The number of benzene rings is 1. The molecule has 6 heteroatoms. The third-order valence-corrected chi connectivity index (χ3v) is 3.80. The van der Waals surface area contributed by atoms with Crippen LogP contribution in [0.5, 0.6) is 0 Å². The number of ether oxygens (including phenoxy) is 1. The van der Waals surface area contributed by atoms with Gasteiger partial charge in [-0.2, -0.15) is 0 Å². The molecule has 3 N–H and O–H groups in total. The van der Waals surface area contributed by atoms with E-state index >= 15 is 0 Å². The van der Waals surface area contributed by atoms with E-state index in [4.69, 9.17) is 22.1 Å². The first-order valence-electron chi connectivity index (χ1n) is 6.66. The van der Waals surface area contributed by atoms with Crippen LogP contribution in [-0.4, -0.2) is 42.8 Å². The van der Waals surface area contributed by atoms with Crippen LogP contribution in [0.1, 0.15) is 12.5 Å². The van der Waals surface area contributed by atoms with Gasteiger partial charge in [0.15, 0.2) is 0 Å². The van der Waals surface area contributed by atoms with E-state index in [9.17, 15) is 4.79 Å². The Morgan fingerprint density at radius 2 is 2.35 bits per heavy atom. The van der Waals surface area contributed by atoms with Crippen molar-refractivity contribution in [3.63, 3.8) is 0 Å². The van der Waals surface area contributed by atoms with Gasteiger partial charge in [-0.3, -0.25) is 0 Å². The Labute approximate surface area is 124 Å². The molecule has 1 fully saturated rings. The van der Waals surface area contributed by atoms with Crippen LogP contribution >= 0.6 is 11.6 Å². The molecule has 1 heterocycles. The first-order chi connectivity index (χ1) is 9.47. The predicted octanol–water partition coefficient (Wildman–Crippen LogP) is 2.23. The minimum Gasteiger partial charge on any atom is -0.373 e. The molecule has 0 bridgehead atoms. The fraction of sp³-hybridized carbons (Fsp3) is 0.500. The zero-order chi connectivity index (χ0) is 14.7. The van der Waals surface area contributed by atoms with Gasteiger partial charge in [-0.05, 0) is 31.5 Å². The summed E-state index contributed by atoms with van der Waals surface area (Å²) in [6, 6.07) is 5.21. The number of carbonyl (C=O) groups is 1. The molecule has 1 aliphatic rings. The molecule has 110 valence electrons. The minimum atomic E-state index is -0.154. The molecule has 0 aliphatic carbocycles. The van der Waals surface area contributed by atoms with Crippen LogP contribution in [0, 0.1) is 6.92 Å². The second-order valence-electron chi connectivity index (χ2n) is 5.11. The van der Waals surface area contributed by atoms with E-state index in [0.29, 0.717) is 30.4 Å². The van der Waals surface area contributed by atoms with Crippen molar-refractivity contribution >= 4 is 23.3 Å². The normalized spacial score (nSPS) is 20.6. The van der Waals surface area contributed by atoms with Crippen LogP contribution in [0.3, 0.4) is 0 Å². The van der Waals surface area contributed by atoms with Gasteiger partial charge in [0.05, 0.1) is 19.3 Å². The summed E-state index contributed by atoms with van der Waals surface area (Å²) in [5, 5.41) is 3.48. The highest BCUT2D eigenvalue weighted by molar-refractivity contribution is 6.31. The van der Waals surface area contributed by atoms with Gasteiger partial charge < -0.3 is 20.7 Å². The highest BCUT2D eigenvalue weighted by atomic mass is 35.5. The van der Waals surface area contributed by atoms with E-state index in [2.05, 4.69) is 5.32 Å². The molecule has 1 aromatic carbocycles. The largest absolute Gasteiger partial charge is 0.373 e. The summed E-state index contributed by atoms with van der Waals surface area (Å²) >= 11 is 6.05. The summed E-state index contributed by atoms with van der Waals surface area (Å²) in [5.74, 6) is 0. The fourth-order valence-corrected chi connectivity index (χ4v) is 2.23. The van der Waals surface area contributed by atoms with Gasteiger partial charge in [0.1, 0.15) is 0 Å². The first-order valence-corrected chi connectivity index (χ1v) is 7.04. The molecule has 1 aliphatic heterocycles. The lowest BCUT2D eigenvalue weighted by Gasteiger charge is -2.34. The lowest BCUT2D eigenvalue weighted by Crippen LogP contribution is -2.52. The van der Waals surface area contributed by atoms with Crippen molar-refractivity contribution in [2.45, 2.75) is 26.0 Å². The van der Waals surface area contributed by atoms with E-state index < -0.39 is 0 Å². The average Bonchev–Trinajstić information content (AvgIpc) is 2.43.